The molecule has 0 aliphatic carbocycles. The SMILES string of the molecule is Clc1cccc(CCOC2CCCNCC2)c1. The molecule has 0 bridgehead atoms. The van der Waals surface area contributed by atoms with Crippen molar-refractivity contribution in [2.75, 3.05) is 19.7 Å². The molecule has 1 aliphatic rings. The zero-order chi connectivity index (χ0) is 11.9. The van der Waals surface area contributed by atoms with E-state index in [0.29, 0.717) is 6.10 Å². The maximum Gasteiger partial charge on any atom is 0.0587 e. The third-order valence-electron chi connectivity index (χ3n) is 3.16. The minimum atomic E-state index is 0.434. The predicted molar refractivity (Wildman–Crippen MR) is 71.6 cm³/mol. The molecule has 94 valence electrons. The van der Waals surface area contributed by atoms with Crippen LogP contribution in [0.3, 0.4) is 0 Å². The Morgan fingerprint density at radius 3 is 3.12 bits per heavy atom. The van der Waals surface area contributed by atoms with Crippen molar-refractivity contribution in [3.05, 3.63) is 34.9 Å². The average Bonchev–Trinajstić information content (AvgIpc) is 2.58. The van der Waals surface area contributed by atoms with Gasteiger partial charge in [0.2, 0.25) is 0 Å². The molecular formula is C14H20ClNO. The van der Waals surface area contributed by atoms with Gasteiger partial charge in [-0.25, -0.2) is 0 Å². The highest BCUT2D eigenvalue weighted by Gasteiger charge is 2.11. The highest BCUT2D eigenvalue weighted by atomic mass is 35.5. The molecule has 1 aliphatic heterocycles. The van der Waals surface area contributed by atoms with Crippen LogP contribution in [0.2, 0.25) is 5.02 Å². The fourth-order valence-corrected chi connectivity index (χ4v) is 2.40. The third-order valence-corrected chi connectivity index (χ3v) is 3.39. The lowest BCUT2D eigenvalue weighted by Crippen LogP contribution is -2.18. The summed E-state index contributed by atoms with van der Waals surface area (Å²) in [5.41, 5.74) is 1.25. The smallest absolute Gasteiger partial charge is 0.0587 e. The lowest BCUT2D eigenvalue weighted by molar-refractivity contribution is 0.0475. The zero-order valence-electron chi connectivity index (χ0n) is 10.1. The molecule has 3 heteroatoms. The molecule has 1 aromatic carbocycles. The van der Waals surface area contributed by atoms with Crippen molar-refractivity contribution in [3.8, 4) is 0 Å². The van der Waals surface area contributed by atoms with Crippen molar-refractivity contribution < 1.29 is 4.74 Å². The molecule has 1 unspecified atom stereocenters. The van der Waals surface area contributed by atoms with Crippen LogP contribution < -0.4 is 5.32 Å². The Morgan fingerprint density at radius 2 is 2.24 bits per heavy atom. The van der Waals surface area contributed by atoms with Crippen LogP contribution in [0.15, 0.2) is 24.3 Å². The molecule has 0 amide bonds. The Bertz CT molecular complexity index is 335. The lowest BCUT2D eigenvalue weighted by Gasteiger charge is -2.14. The first-order valence-corrected chi connectivity index (χ1v) is 6.79. The quantitative estimate of drug-likeness (QED) is 0.891. The van der Waals surface area contributed by atoms with E-state index in [1.807, 2.05) is 18.2 Å². The van der Waals surface area contributed by atoms with Gasteiger partial charge in [-0.1, -0.05) is 23.7 Å². The van der Waals surface area contributed by atoms with E-state index in [4.69, 9.17) is 16.3 Å². The second-order valence-corrected chi connectivity index (χ2v) is 4.99. The zero-order valence-corrected chi connectivity index (χ0v) is 10.9. The summed E-state index contributed by atoms with van der Waals surface area (Å²) in [4.78, 5) is 0. The van der Waals surface area contributed by atoms with E-state index in [2.05, 4.69) is 11.4 Å². The summed E-state index contributed by atoms with van der Waals surface area (Å²) in [5, 5.41) is 4.20. The Hall–Kier alpha value is -0.570. The van der Waals surface area contributed by atoms with Crippen molar-refractivity contribution in [2.24, 2.45) is 0 Å². The summed E-state index contributed by atoms with van der Waals surface area (Å²) in [6.45, 7) is 3.01. The van der Waals surface area contributed by atoms with Crippen LogP contribution in [-0.2, 0) is 11.2 Å². The van der Waals surface area contributed by atoms with Gasteiger partial charge in [0, 0.05) is 5.02 Å². The fraction of sp³-hybridized carbons (Fsp3) is 0.571. The molecule has 2 rings (SSSR count). The van der Waals surface area contributed by atoms with E-state index in [1.54, 1.807) is 0 Å². The van der Waals surface area contributed by atoms with Gasteiger partial charge >= 0.3 is 0 Å². The second kappa shape index (κ2) is 7.00. The summed E-state index contributed by atoms with van der Waals surface area (Å²) >= 11 is 5.94. The summed E-state index contributed by atoms with van der Waals surface area (Å²) < 4.78 is 5.92. The van der Waals surface area contributed by atoms with Crippen LogP contribution in [0, 0.1) is 0 Å². The number of hydrogen-bond acceptors (Lipinski definition) is 2. The van der Waals surface area contributed by atoms with Crippen LogP contribution in [0.4, 0.5) is 0 Å². The third kappa shape index (κ3) is 4.66. The molecule has 1 heterocycles. The molecular weight excluding hydrogens is 234 g/mol. The van der Waals surface area contributed by atoms with Gasteiger partial charge in [0.05, 0.1) is 12.7 Å². The van der Waals surface area contributed by atoms with Gasteiger partial charge in [-0.3, -0.25) is 0 Å². The topological polar surface area (TPSA) is 21.3 Å². The maximum atomic E-state index is 5.94. The first-order valence-electron chi connectivity index (χ1n) is 6.41. The van der Waals surface area contributed by atoms with Gasteiger partial charge in [-0.2, -0.15) is 0 Å². The van der Waals surface area contributed by atoms with Gasteiger partial charge in [-0.05, 0) is 56.5 Å². The van der Waals surface area contributed by atoms with Crippen LogP contribution in [0.25, 0.3) is 0 Å². The molecule has 1 fully saturated rings. The summed E-state index contributed by atoms with van der Waals surface area (Å²) in [5.74, 6) is 0. The molecule has 0 aromatic heterocycles. The first kappa shape index (κ1) is 12.9. The Balaban J connectivity index is 1.71. The molecule has 17 heavy (non-hydrogen) atoms. The van der Waals surface area contributed by atoms with Crippen LogP contribution in [0.5, 0.6) is 0 Å². The van der Waals surface area contributed by atoms with Gasteiger partial charge in [0.15, 0.2) is 0 Å². The van der Waals surface area contributed by atoms with Crippen LogP contribution >= 0.6 is 11.6 Å². The standard InChI is InChI=1S/C14H20ClNO/c15-13-4-1-3-12(11-13)7-10-17-14-5-2-8-16-9-6-14/h1,3-4,11,14,16H,2,5-10H2. The minimum Gasteiger partial charge on any atom is -0.378 e. The number of benzene rings is 1. The number of ether oxygens (including phenoxy) is 1. The minimum absolute atomic E-state index is 0.434. The normalized spacial score (nSPS) is 21.1. The van der Waals surface area contributed by atoms with Crippen LogP contribution in [0.1, 0.15) is 24.8 Å². The average molecular weight is 254 g/mol. The Morgan fingerprint density at radius 1 is 1.29 bits per heavy atom. The fourth-order valence-electron chi connectivity index (χ4n) is 2.19. The van der Waals surface area contributed by atoms with Gasteiger partial charge in [0.25, 0.3) is 0 Å². The molecule has 0 radical (unpaired) electrons. The number of nitrogens with one attached hydrogen (secondary N) is 1. The molecule has 2 nitrogen and oxygen atoms in total. The Kier molecular flexibility index (Phi) is 5.30. The number of halogens is 1. The first-order chi connectivity index (χ1) is 8.34. The lowest BCUT2D eigenvalue weighted by atomic mass is 10.1. The van der Waals surface area contributed by atoms with Crippen molar-refractivity contribution in [3.63, 3.8) is 0 Å². The van der Waals surface area contributed by atoms with E-state index in [0.717, 1.165) is 37.6 Å². The number of hydrogen-bond donors (Lipinski definition) is 1. The monoisotopic (exact) mass is 253 g/mol. The van der Waals surface area contributed by atoms with Crippen LogP contribution in [-0.4, -0.2) is 25.8 Å². The van der Waals surface area contributed by atoms with Crippen molar-refractivity contribution in [1.29, 1.82) is 0 Å². The van der Waals surface area contributed by atoms with Gasteiger partial charge < -0.3 is 10.1 Å². The molecule has 1 N–H and O–H groups in total. The molecule has 1 aromatic rings. The summed E-state index contributed by atoms with van der Waals surface area (Å²) in [6.07, 6.45) is 4.92. The summed E-state index contributed by atoms with van der Waals surface area (Å²) in [7, 11) is 0. The summed E-state index contributed by atoms with van der Waals surface area (Å²) in [6, 6.07) is 8.01. The van der Waals surface area contributed by atoms with Gasteiger partial charge in [-0.15, -0.1) is 0 Å². The largest absolute Gasteiger partial charge is 0.378 e. The van der Waals surface area contributed by atoms with E-state index < -0.39 is 0 Å². The second-order valence-electron chi connectivity index (χ2n) is 4.55. The van der Waals surface area contributed by atoms with E-state index in [-0.39, 0.29) is 0 Å². The molecule has 0 spiro atoms. The number of rotatable bonds is 4. The highest BCUT2D eigenvalue weighted by molar-refractivity contribution is 6.30. The van der Waals surface area contributed by atoms with Crippen molar-refractivity contribution in [2.45, 2.75) is 31.8 Å². The van der Waals surface area contributed by atoms with Crippen molar-refractivity contribution in [1.82, 2.24) is 5.32 Å². The van der Waals surface area contributed by atoms with E-state index in [9.17, 15) is 0 Å². The van der Waals surface area contributed by atoms with Crippen molar-refractivity contribution >= 4 is 11.6 Å². The molecule has 1 saturated heterocycles. The predicted octanol–water partition coefficient (Wildman–Crippen LogP) is 3.04. The van der Waals surface area contributed by atoms with E-state index >= 15 is 0 Å². The Labute approximate surface area is 108 Å². The molecule has 1 atom stereocenters. The molecule has 0 saturated carbocycles. The van der Waals surface area contributed by atoms with Gasteiger partial charge in [0.1, 0.15) is 0 Å². The maximum absolute atomic E-state index is 5.94. The highest BCUT2D eigenvalue weighted by Crippen LogP contribution is 2.13. The van der Waals surface area contributed by atoms with E-state index in [1.165, 1.54) is 18.4 Å².